The molecule has 2 amide bonds. The van der Waals surface area contributed by atoms with E-state index in [0.717, 1.165) is 29.5 Å². The first-order valence-corrected chi connectivity index (χ1v) is 12.6. The van der Waals surface area contributed by atoms with Gasteiger partial charge in [0.05, 0.1) is 6.04 Å². The lowest BCUT2D eigenvalue weighted by molar-refractivity contribution is -0.137. The fourth-order valence-corrected chi connectivity index (χ4v) is 4.23. The Balaban J connectivity index is 1.94. The van der Waals surface area contributed by atoms with E-state index < -0.39 is 24.0 Å². The van der Waals surface area contributed by atoms with Crippen molar-refractivity contribution in [2.45, 2.75) is 77.3 Å². The molecule has 0 saturated carbocycles. The molecular formula is C28H39N3O5. The molecule has 0 saturated heterocycles. The van der Waals surface area contributed by atoms with E-state index in [2.05, 4.69) is 10.6 Å². The quantitative estimate of drug-likeness (QED) is 0.239. The van der Waals surface area contributed by atoms with Gasteiger partial charge in [-0.2, -0.15) is 0 Å². The van der Waals surface area contributed by atoms with Crippen LogP contribution in [0.5, 0.6) is 5.75 Å². The molecule has 2 rings (SSSR count). The number of phenolic OH excluding ortho intramolecular Hbond substituents is 1. The fraction of sp³-hybridized carbons (Fsp3) is 0.464. The molecule has 0 radical (unpaired) electrons. The molecule has 0 aliphatic rings. The summed E-state index contributed by atoms with van der Waals surface area (Å²) in [5.74, 6) is -1.36. The second-order valence-corrected chi connectivity index (χ2v) is 9.30. The number of carboxylic acids is 1. The van der Waals surface area contributed by atoms with Crippen molar-refractivity contribution in [2.75, 3.05) is 6.54 Å². The van der Waals surface area contributed by atoms with Gasteiger partial charge >= 0.3 is 5.97 Å². The third-order valence-electron chi connectivity index (χ3n) is 6.24. The molecule has 2 atom stereocenters. The van der Waals surface area contributed by atoms with E-state index in [1.165, 1.54) is 5.56 Å². The van der Waals surface area contributed by atoms with Gasteiger partial charge in [-0.05, 0) is 80.3 Å². The van der Waals surface area contributed by atoms with E-state index in [-0.39, 0.29) is 24.5 Å². The molecule has 0 aliphatic heterocycles. The minimum atomic E-state index is -0.854. The number of hydrogen-bond donors (Lipinski definition) is 5. The molecule has 8 heteroatoms. The number of unbranched alkanes of at least 4 members (excludes halogenated alkanes) is 2. The van der Waals surface area contributed by atoms with Crippen LogP contribution in [0.4, 0.5) is 0 Å². The van der Waals surface area contributed by atoms with Crippen molar-refractivity contribution in [1.82, 2.24) is 10.6 Å². The van der Waals surface area contributed by atoms with Gasteiger partial charge in [0.1, 0.15) is 11.8 Å². The molecule has 0 heterocycles. The number of nitrogens with two attached hydrogens (primary N) is 1. The number of aryl methyl sites for hydroxylation is 3. The smallest absolute Gasteiger partial charge is 0.303 e. The van der Waals surface area contributed by atoms with Crippen LogP contribution < -0.4 is 16.4 Å². The molecule has 0 bridgehead atoms. The highest BCUT2D eigenvalue weighted by molar-refractivity contribution is 5.89. The number of phenols is 1. The summed E-state index contributed by atoms with van der Waals surface area (Å²) in [6.45, 7) is 4.20. The average Bonchev–Trinajstić information content (AvgIpc) is 2.83. The van der Waals surface area contributed by atoms with Gasteiger partial charge in [-0.15, -0.1) is 0 Å². The summed E-state index contributed by atoms with van der Waals surface area (Å²) in [4.78, 5) is 36.5. The second-order valence-electron chi connectivity index (χ2n) is 9.30. The monoisotopic (exact) mass is 497 g/mol. The molecule has 36 heavy (non-hydrogen) atoms. The Hall–Kier alpha value is -3.39. The Morgan fingerprint density at radius 1 is 0.944 bits per heavy atom. The van der Waals surface area contributed by atoms with Crippen molar-refractivity contribution < 1.29 is 24.6 Å². The minimum absolute atomic E-state index is 0.0823. The van der Waals surface area contributed by atoms with Crippen molar-refractivity contribution in [3.8, 4) is 5.75 Å². The van der Waals surface area contributed by atoms with E-state index in [0.29, 0.717) is 32.2 Å². The first kappa shape index (κ1) is 28.8. The maximum absolute atomic E-state index is 12.9. The maximum atomic E-state index is 12.9. The van der Waals surface area contributed by atoms with Crippen LogP contribution in [0.1, 0.15) is 60.8 Å². The zero-order chi connectivity index (χ0) is 26.5. The van der Waals surface area contributed by atoms with Crippen LogP contribution in [-0.2, 0) is 27.2 Å². The zero-order valence-electron chi connectivity index (χ0n) is 21.3. The van der Waals surface area contributed by atoms with Crippen LogP contribution in [0, 0.1) is 13.8 Å². The molecule has 196 valence electrons. The van der Waals surface area contributed by atoms with Gasteiger partial charge in [-0.3, -0.25) is 14.4 Å². The van der Waals surface area contributed by atoms with Gasteiger partial charge in [0.2, 0.25) is 11.8 Å². The van der Waals surface area contributed by atoms with Gasteiger partial charge in [0.25, 0.3) is 0 Å². The van der Waals surface area contributed by atoms with Crippen molar-refractivity contribution in [3.05, 3.63) is 64.7 Å². The second kappa shape index (κ2) is 14.9. The summed E-state index contributed by atoms with van der Waals surface area (Å²) >= 11 is 0. The highest BCUT2D eigenvalue weighted by atomic mass is 16.4. The first-order chi connectivity index (χ1) is 17.2. The third kappa shape index (κ3) is 10.1. The predicted molar refractivity (Wildman–Crippen MR) is 140 cm³/mol. The molecule has 2 aromatic rings. The van der Waals surface area contributed by atoms with Gasteiger partial charge in [-0.25, -0.2) is 0 Å². The Morgan fingerprint density at radius 2 is 1.61 bits per heavy atom. The van der Waals surface area contributed by atoms with Gasteiger partial charge in [0, 0.05) is 13.0 Å². The number of benzene rings is 2. The molecule has 0 unspecified atom stereocenters. The number of aliphatic carboxylic acids is 1. The summed E-state index contributed by atoms with van der Waals surface area (Å²) in [7, 11) is 0. The SMILES string of the molecule is Cc1cc(O)cc(C)c1C[C@H](N)C(=O)N[C@H](CCCCCC(=O)O)C(=O)NCCCc1ccccc1. The number of carbonyl (C=O) groups excluding carboxylic acids is 2. The predicted octanol–water partition coefficient (Wildman–Crippen LogP) is 3.15. The number of rotatable bonds is 15. The summed E-state index contributed by atoms with van der Waals surface area (Å²) in [5, 5.41) is 24.3. The molecule has 0 aromatic heterocycles. The van der Waals surface area contributed by atoms with E-state index in [1.54, 1.807) is 12.1 Å². The third-order valence-corrected chi connectivity index (χ3v) is 6.24. The van der Waals surface area contributed by atoms with Gasteiger partial charge in [-0.1, -0.05) is 43.2 Å². The highest BCUT2D eigenvalue weighted by Gasteiger charge is 2.24. The summed E-state index contributed by atoms with van der Waals surface area (Å²) in [6.07, 6.45) is 4.16. The van der Waals surface area contributed by atoms with E-state index >= 15 is 0 Å². The lowest BCUT2D eigenvalue weighted by atomic mass is 9.95. The summed E-state index contributed by atoms with van der Waals surface area (Å²) < 4.78 is 0. The van der Waals surface area contributed by atoms with E-state index in [1.807, 2.05) is 44.2 Å². The molecule has 0 spiro atoms. The Kier molecular flexibility index (Phi) is 11.9. The number of nitrogens with one attached hydrogen (secondary N) is 2. The number of hydrogen-bond acceptors (Lipinski definition) is 5. The number of carboxylic acid groups (broad SMARTS) is 1. The van der Waals surface area contributed by atoms with Crippen molar-refractivity contribution in [3.63, 3.8) is 0 Å². The number of carbonyl (C=O) groups is 3. The Bertz CT molecular complexity index is 986. The van der Waals surface area contributed by atoms with Crippen LogP contribution in [0.15, 0.2) is 42.5 Å². The summed E-state index contributed by atoms with van der Waals surface area (Å²) in [5.41, 5.74) is 9.99. The molecular weight excluding hydrogens is 458 g/mol. The lowest BCUT2D eigenvalue weighted by Crippen LogP contribution is -2.52. The van der Waals surface area contributed by atoms with Crippen LogP contribution in [0.2, 0.25) is 0 Å². The topological polar surface area (TPSA) is 142 Å². The zero-order valence-corrected chi connectivity index (χ0v) is 21.3. The van der Waals surface area contributed by atoms with Crippen LogP contribution >= 0.6 is 0 Å². The van der Waals surface area contributed by atoms with Crippen LogP contribution in [-0.4, -0.2) is 46.6 Å². The normalized spacial score (nSPS) is 12.5. The van der Waals surface area contributed by atoms with Crippen molar-refractivity contribution in [2.24, 2.45) is 5.73 Å². The number of amides is 2. The van der Waals surface area contributed by atoms with Crippen molar-refractivity contribution in [1.29, 1.82) is 0 Å². The van der Waals surface area contributed by atoms with Gasteiger partial charge < -0.3 is 26.6 Å². The van der Waals surface area contributed by atoms with E-state index in [9.17, 15) is 19.5 Å². The van der Waals surface area contributed by atoms with Crippen LogP contribution in [0.3, 0.4) is 0 Å². The van der Waals surface area contributed by atoms with E-state index in [4.69, 9.17) is 10.8 Å². The Morgan fingerprint density at radius 3 is 2.25 bits per heavy atom. The molecule has 8 nitrogen and oxygen atoms in total. The molecule has 2 aromatic carbocycles. The molecule has 0 fully saturated rings. The maximum Gasteiger partial charge on any atom is 0.303 e. The minimum Gasteiger partial charge on any atom is -0.508 e. The van der Waals surface area contributed by atoms with Gasteiger partial charge in [0.15, 0.2) is 0 Å². The molecule has 0 aliphatic carbocycles. The highest BCUT2D eigenvalue weighted by Crippen LogP contribution is 2.22. The van der Waals surface area contributed by atoms with Crippen molar-refractivity contribution >= 4 is 17.8 Å². The summed E-state index contributed by atoms with van der Waals surface area (Å²) in [6, 6.07) is 11.7. The lowest BCUT2D eigenvalue weighted by Gasteiger charge is -2.22. The Labute approximate surface area is 213 Å². The number of aromatic hydroxyl groups is 1. The largest absolute Gasteiger partial charge is 0.508 e. The fourth-order valence-electron chi connectivity index (χ4n) is 4.23. The first-order valence-electron chi connectivity index (χ1n) is 12.6. The standard InChI is InChI=1S/C28H39N3O5/c1-19-16-22(32)17-20(2)23(19)18-24(29)27(35)31-25(13-7-4-8-14-26(33)34)28(36)30-15-9-12-21-10-5-3-6-11-21/h3,5-6,10-11,16-17,24-25,32H,4,7-9,12-15,18,29H2,1-2H3,(H,30,36)(H,31,35)(H,33,34)/t24-,25+/m0/s1. The molecule has 6 N–H and O–H groups in total. The average molecular weight is 498 g/mol. The van der Waals surface area contributed by atoms with Crippen LogP contribution in [0.25, 0.3) is 0 Å².